The summed E-state index contributed by atoms with van der Waals surface area (Å²) in [5.41, 5.74) is 7.36. The van der Waals surface area contributed by atoms with Crippen molar-refractivity contribution >= 4 is 30.0 Å². The molecule has 0 unspecified atom stereocenters. The van der Waals surface area contributed by atoms with Crippen LogP contribution in [0.25, 0.3) is 0 Å². The number of amides is 1. The Morgan fingerprint density at radius 3 is 2.33 bits per heavy atom. The zero-order valence-corrected chi connectivity index (χ0v) is 11.1. The maximum atomic E-state index is 11.0. The Hall–Kier alpha value is -1.59. The molecule has 5 nitrogen and oxygen atoms in total. The van der Waals surface area contributed by atoms with Crippen molar-refractivity contribution in [1.82, 2.24) is 0 Å². The van der Waals surface area contributed by atoms with Crippen LogP contribution in [0.1, 0.15) is 24.9 Å². The van der Waals surface area contributed by atoms with Crippen LogP contribution >= 0.6 is 12.4 Å². The lowest BCUT2D eigenvalue weighted by Gasteiger charge is -2.11. The Morgan fingerprint density at radius 2 is 1.89 bits per heavy atom. The summed E-state index contributed by atoms with van der Waals surface area (Å²) in [6.45, 7) is 1.44. The molecule has 1 amide bonds. The first-order chi connectivity index (χ1) is 8.02. The molecule has 0 saturated carbocycles. The van der Waals surface area contributed by atoms with Gasteiger partial charge in [-0.1, -0.05) is 12.1 Å². The molecule has 1 atom stereocenters. The number of hydrogen-bond acceptors (Lipinski definition) is 4. The third kappa shape index (κ3) is 5.16. The number of nitrogens with two attached hydrogens (primary N) is 1. The van der Waals surface area contributed by atoms with E-state index in [1.165, 1.54) is 14.0 Å². The number of carbonyl (C=O) groups excluding carboxylic acids is 2. The predicted molar refractivity (Wildman–Crippen MR) is 71.6 cm³/mol. The van der Waals surface area contributed by atoms with Crippen LogP contribution < -0.4 is 11.1 Å². The zero-order valence-electron chi connectivity index (χ0n) is 10.3. The zero-order chi connectivity index (χ0) is 12.8. The number of carbonyl (C=O) groups is 2. The van der Waals surface area contributed by atoms with Gasteiger partial charge in [0.05, 0.1) is 13.5 Å². The van der Waals surface area contributed by atoms with Crippen molar-refractivity contribution < 1.29 is 14.3 Å². The highest BCUT2D eigenvalue weighted by molar-refractivity contribution is 5.88. The second-order valence-electron chi connectivity index (χ2n) is 3.69. The van der Waals surface area contributed by atoms with Crippen molar-refractivity contribution in [2.75, 3.05) is 12.4 Å². The lowest BCUT2D eigenvalue weighted by Crippen LogP contribution is -2.16. The fourth-order valence-electron chi connectivity index (χ4n) is 1.40. The van der Waals surface area contributed by atoms with Crippen molar-refractivity contribution in [2.45, 2.75) is 19.4 Å². The minimum Gasteiger partial charge on any atom is -0.469 e. The number of ether oxygens (including phenoxy) is 1. The molecule has 0 spiro atoms. The fourth-order valence-corrected chi connectivity index (χ4v) is 1.40. The molecule has 1 aromatic carbocycles. The Morgan fingerprint density at radius 1 is 1.33 bits per heavy atom. The number of anilines is 1. The van der Waals surface area contributed by atoms with Gasteiger partial charge in [-0.15, -0.1) is 12.4 Å². The monoisotopic (exact) mass is 272 g/mol. The van der Waals surface area contributed by atoms with Crippen molar-refractivity contribution in [1.29, 1.82) is 0 Å². The van der Waals surface area contributed by atoms with Gasteiger partial charge in [-0.3, -0.25) is 9.59 Å². The molecule has 18 heavy (non-hydrogen) atoms. The normalized spacial score (nSPS) is 11.1. The summed E-state index contributed by atoms with van der Waals surface area (Å²) >= 11 is 0. The number of hydrogen-bond donors (Lipinski definition) is 2. The van der Waals surface area contributed by atoms with Crippen LogP contribution in [-0.4, -0.2) is 19.0 Å². The highest BCUT2D eigenvalue weighted by Gasteiger charge is 2.11. The molecule has 3 N–H and O–H groups in total. The van der Waals surface area contributed by atoms with Gasteiger partial charge in [0.25, 0.3) is 0 Å². The van der Waals surface area contributed by atoms with Crippen LogP contribution in [0.2, 0.25) is 0 Å². The summed E-state index contributed by atoms with van der Waals surface area (Å²) in [5, 5.41) is 2.65. The van der Waals surface area contributed by atoms with Crippen molar-refractivity contribution in [3.8, 4) is 0 Å². The molecular formula is C12H17ClN2O3. The smallest absolute Gasteiger partial charge is 0.307 e. The van der Waals surface area contributed by atoms with E-state index in [4.69, 9.17) is 5.73 Å². The number of rotatable bonds is 4. The average molecular weight is 273 g/mol. The molecule has 0 aliphatic rings. The second-order valence-corrected chi connectivity index (χ2v) is 3.69. The molecule has 100 valence electrons. The summed E-state index contributed by atoms with van der Waals surface area (Å²) in [5.74, 6) is -0.472. The predicted octanol–water partition coefficient (Wildman–Crippen LogP) is 1.63. The van der Waals surface area contributed by atoms with E-state index < -0.39 is 6.04 Å². The molecule has 6 heteroatoms. The summed E-state index contributed by atoms with van der Waals surface area (Å²) in [7, 11) is 1.33. The third-order valence-corrected chi connectivity index (χ3v) is 2.27. The summed E-state index contributed by atoms with van der Waals surface area (Å²) in [6.07, 6.45) is 0.135. The van der Waals surface area contributed by atoms with Crippen LogP contribution in [-0.2, 0) is 14.3 Å². The Bertz CT molecular complexity index is 406. The topological polar surface area (TPSA) is 81.4 Å². The Labute approximate surface area is 112 Å². The summed E-state index contributed by atoms with van der Waals surface area (Å²) in [4.78, 5) is 21.9. The molecule has 0 bridgehead atoms. The quantitative estimate of drug-likeness (QED) is 0.816. The molecule has 0 radical (unpaired) electrons. The van der Waals surface area contributed by atoms with Crippen LogP contribution in [0.15, 0.2) is 24.3 Å². The summed E-state index contributed by atoms with van der Waals surface area (Å²) < 4.78 is 4.54. The highest BCUT2D eigenvalue weighted by Crippen LogP contribution is 2.17. The molecule has 0 aromatic heterocycles. The van der Waals surface area contributed by atoms with Crippen molar-refractivity contribution in [3.05, 3.63) is 29.8 Å². The van der Waals surface area contributed by atoms with Gasteiger partial charge in [-0.25, -0.2) is 0 Å². The molecule has 1 rings (SSSR count). The Balaban J connectivity index is 0.00000289. The number of methoxy groups -OCH3 is 1. The van der Waals surface area contributed by atoms with Crippen LogP contribution in [0.5, 0.6) is 0 Å². The maximum absolute atomic E-state index is 11.0. The van der Waals surface area contributed by atoms with Gasteiger partial charge in [0.1, 0.15) is 0 Å². The average Bonchev–Trinajstić information content (AvgIpc) is 2.28. The van der Waals surface area contributed by atoms with Crippen molar-refractivity contribution in [2.24, 2.45) is 5.73 Å². The number of esters is 1. The number of nitrogens with one attached hydrogen (secondary N) is 1. The first-order valence-corrected chi connectivity index (χ1v) is 5.23. The van der Waals surface area contributed by atoms with E-state index in [9.17, 15) is 9.59 Å². The van der Waals surface area contributed by atoms with E-state index >= 15 is 0 Å². The molecule has 0 fully saturated rings. The SMILES string of the molecule is COC(=O)C[C@@H](N)c1ccc(NC(C)=O)cc1.Cl. The molecular weight excluding hydrogens is 256 g/mol. The Kier molecular flexibility index (Phi) is 7.00. The van der Waals surface area contributed by atoms with Crippen LogP contribution in [0.3, 0.4) is 0 Å². The van der Waals surface area contributed by atoms with Gasteiger partial charge >= 0.3 is 5.97 Å². The van der Waals surface area contributed by atoms with Gasteiger partial charge < -0.3 is 15.8 Å². The fraction of sp³-hybridized carbons (Fsp3) is 0.333. The maximum Gasteiger partial charge on any atom is 0.307 e. The summed E-state index contributed by atoms with van der Waals surface area (Å²) in [6, 6.07) is 6.65. The molecule has 0 aliphatic heterocycles. The largest absolute Gasteiger partial charge is 0.469 e. The molecule has 0 saturated heterocycles. The first-order valence-electron chi connectivity index (χ1n) is 5.23. The minimum atomic E-state index is -0.395. The number of halogens is 1. The van der Waals surface area contributed by atoms with Gasteiger partial charge in [-0.2, -0.15) is 0 Å². The standard InChI is InChI=1S/C12H16N2O3.ClH/c1-8(15)14-10-5-3-9(4-6-10)11(13)7-12(16)17-2;/h3-6,11H,7,13H2,1-2H3,(H,14,15);1H/t11-;/m1./s1. The lowest BCUT2D eigenvalue weighted by molar-refractivity contribution is -0.141. The van der Waals surface area contributed by atoms with Gasteiger partial charge in [0.2, 0.25) is 5.91 Å². The molecule has 0 aliphatic carbocycles. The first kappa shape index (κ1) is 16.4. The molecule has 1 aromatic rings. The highest BCUT2D eigenvalue weighted by atomic mass is 35.5. The minimum absolute atomic E-state index is 0. The third-order valence-electron chi connectivity index (χ3n) is 2.27. The van der Waals surface area contributed by atoms with E-state index in [1.54, 1.807) is 24.3 Å². The van der Waals surface area contributed by atoms with Gasteiger partial charge in [0.15, 0.2) is 0 Å². The number of benzene rings is 1. The van der Waals surface area contributed by atoms with E-state index in [0.717, 1.165) is 5.56 Å². The van der Waals surface area contributed by atoms with Gasteiger partial charge in [0, 0.05) is 18.7 Å². The van der Waals surface area contributed by atoms with Crippen molar-refractivity contribution in [3.63, 3.8) is 0 Å². The second kappa shape index (κ2) is 7.68. The van der Waals surface area contributed by atoms with E-state index in [0.29, 0.717) is 5.69 Å². The van der Waals surface area contributed by atoms with Gasteiger partial charge in [-0.05, 0) is 17.7 Å². The van der Waals surface area contributed by atoms with E-state index in [1.807, 2.05) is 0 Å². The molecule has 0 heterocycles. The van der Waals surface area contributed by atoms with E-state index in [2.05, 4.69) is 10.1 Å². The van der Waals surface area contributed by atoms with Crippen LogP contribution in [0, 0.1) is 0 Å². The van der Waals surface area contributed by atoms with E-state index in [-0.39, 0.29) is 30.7 Å². The van der Waals surface area contributed by atoms with Crippen LogP contribution in [0.4, 0.5) is 5.69 Å². The lowest BCUT2D eigenvalue weighted by atomic mass is 10.0.